The van der Waals surface area contributed by atoms with Gasteiger partial charge in [-0.15, -0.1) is 0 Å². The third-order valence-corrected chi connectivity index (χ3v) is 6.86. The minimum Gasteiger partial charge on any atom is -0.395 e. The number of fused-ring (bicyclic) bond motifs is 1. The first kappa shape index (κ1) is 27.6. The lowest BCUT2D eigenvalue weighted by Gasteiger charge is -2.50. The number of amides is 1. The number of aliphatic hydroxyl groups is 1. The second-order valence-corrected chi connectivity index (χ2v) is 9.19. The summed E-state index contributed by atoms with van der Waals surface area (Å²) in [6.45, 7) is 9.07. The highest BCUT2D eigenvalue weighted by Gasteiger charge is 2.39. The summed E-state index contributed by atoms with van der Waals surface area (Å²) in [5.74, 6) is 0.169. The molecule has 5 rings (SSSR count). The van der Waals surface area contributed by atoms with Crippen LogP contribution in [0.4, 0.5) is 0 Å². The molecular weight excluding hydrogens is 446 g/mol. The Morgan fingerprint density at radius 2 is 1.64 bits per heavy atom. The Labute approximate surface area is 216 Å². The maximum absolute atomic E-state index is 12.5. The molecule has 36 heavy (non-hydrogen) atoms. The lowest BCUT2D eigenvalue weighted by molar-refractivity contribution is -0.134. The molecule has 0 bridgehead atoms. The summed E-state index contributed by atoms with van der Waals surface area (Å²) in [6.07, 6.45) is 5.26. The number of rotatable bonds is 4. The van der Waals surface area contributed by atoms with Crippen molar-refractivity contribution in [2.75, 3.05) is 26.2 Å². The fourth-order valence-corrected chi connectivity index (χ4v) is 4.92. The van der Waals surface area contributed by atoms with Crippen LogP contribution in [0.3, 0.4) is 0 Å². The predicted molar refractivity (Wildman–Crippen MR) is 148 cm³/mol. The van der Waals surface area contributed by atoms with E-state index in [0.29, 0.717) is 18.5 Å². The minimum atomic E-state index is 0.169. The zero-order chi connectivity index (χ0) is 25.8. The molecule has 0 radical (unpaired) electrons. The van der Waals surface area contributed by atoms with Gasteiger partial charge in [0.1, 0.15) is 0 Å². The molecule has 0 unspecified atom stereocenters. The number of aryl methyl sites for hydroxylation is 1. The van der Waals surface area contributed by atoms with Gasteiger partial charge in [0.15, 0.2) is 0 Å². The first-order valence-corrected chi connectivity index (χ1v) is 13.3. The van der Waals surface area contributed by atoms with E-state index in [1.807, 2.05) is 43.0 Å². The van der Waals surface area contributed by atoms with Crippen molar-refractivity contribution in [2.24, 2.45) is 0 Å². The van der Waals surface area contributed by atoms with Crippen LogP contribution in [0.1, 0.15) is 44.4 Å². The van der Waals surface area contributed by atoms with Gasteiger partial charge in [-0.25, -0.2) is 0 Å². The average Bonchev–Trinajstić information content (AvgIpc) is 2.91. The molecule has 1 N–H and O–H groups in total. The fourth-order valence-electron chi connectivity index (χ4n) is 4.92. The molecule has 2 saturated heterocycles. The van der Waals surface area contributed by atoms with Crippen LogP contribution in [0.2, 0.25) is 0 Å². The van der Waals surface area contributed by atoms with Crippen LogP contribution in [-0.2, 0) is 11.2 Å². The minimum absolute atomic E-state index is 0.169. The summed E-state index contributed by atoms with van der Waals surface area (Å²) in [5, 5.41) is 9.33. The number of aromatic nitrogens is 1. The molecule has 2 fully saturated rings. The molecule has 3 heterocycles. The lowest BCUT2D eigenvalue weighted by Crippen LogP contribution is -2.62. The Hall–Kier alpha value is -3.02. The van der Waals surface area contributed by atoms with Crippen molar-refractivity contribution >= 4 is 5.91 Å². The topological polar surface area (TPSA) is 56.7 Å². The van der Waals surface area contributed by atoms with Crippen LogP contribution in [-0.4, -0.2) is 64.1 Å². The van der Waals surface area contributed by atoms with Crippen molar-refractivity contribution in [1.82, 2.24) is 14.8 Å². The largest absolute Gasteiger partial charge is 0.395 e. The third-order valence-electron chi connectivity index (χ3n) is 6.86. The highest BCUT2D eigenvalue weighted by atomic mass is 16.3. The molecule has 2 aliphatic heterocycles. The molecule has 2 atom stereocenters. The maximum Gasteiger partial charge on any atom is 0.228 e. The van der Waals surface area contributed by atoms with E-state index >= 15 is 0 Å². The monoisotopic (exact) mass is 487 g/mol. The van der Waals surface area contributed by atoms with Gasteiger partial charge >= 0.3 is 0 Å². The quantitative estimate of drug-likeness (QED) is 0.538. The molecule has 0 aliphatic carbocycles. The second kappa shape index (κ2) is 14.5. The first-order chi connectivity index (χ1) is 17.7. The van der Waals surface area contributed by atoms with Gasteiger partial charge in [0.25, 0.3) is 0 Å². The predicted octanol–water partition coefficient (Wildman–Crippen LogP) is 5.37. The number of hydrogen-bond acceptors (Lipinski definition) is 4. The van der Waals surface area contributed by atoms with Crippen molar-refractivity contribution in [3.05, 3.63) is 90.3 Å². The Bertz CT molecular complexity index is 1040. The smallest absolute Gasteiger partial charge is 0.228 e. The van der Waals surface area contributed by atoms with E-state index in [2.05, 4.69) is 65.3 Å². The average molecular weight is 488 g/mol. The van der Waals surface area contributed by atoms with E-state index in [1.54, 1.807) is 6.20 Å². The van der Waals surface area contributed by atoms with E-state index in [-0.39, 0.29) is 12.5 Å². The highest BCUT2D eigenvalue weighted by Crippen LogP contribution is 2.28. The molecule has 1 aromatic heterocycles. The van der Waals surface area contributed by atoms with Crippen LogP contribution in [0.25, 0.3) is 11.1 Å². The Morgan fingerprint density at radius 1 is 0.944 bits per heavy atom. The van der Waals surface area contributed by atoms with Crippen molar-refractivity contribution in [2.45, 2.75) is 58.5 Å². The number of carbonyl (C=O) groups excluding carboxylic acids is 1. The fraction of sp³-hybridized carbons (Fsp3) is 0.419. The lowest BCUT2D eigenvalue weighted by atomic mass is 9.91. The van der Waals surface area contributed by atoms with E-state index in [9.17, 15) is 9.90 Å². The van der Waals surface area contributed by atoms with Gasteiger partial charge in [0.05, 0.1) is 13.0 Å². The van der Waals surface area contributed by atoms with Crippen molar-refractivity contribution in [1.29, 1.82) is 0 Å². The van der Waals surface area contributed by atoms with Crippen molar-refractivity contribution in [3.63, 3.8) is 0 Å². The molecule has 0 saturated carbocycles. The third kappa shape index (κ3) is 7.49. The highest BCUT2D eigenvalue weighted by molar-refractivity contribution is 5.78. The maximum atomic E-state index is 12.5. The summed E-state index contributed by atoms with van der Waals surface area (Å²) in [5.41, 5.74) is 4.78. The molecule has 192 valence electrons. The van der Waals surface area contributed by atoms with Crippen LogP contribution in [0.5, 0.6) is 0 Å². The zero-order valence-corrected chi connectivity index (χ0v) is 22.0. The second-order valence-electron chi connectivity index (χ2n) is 9.19. The van der Waals surface area contributed by atoms with E-state index < -0.39 is 0 Å². The number of hydrogen-bond donors (Lipinski definition) is 1. The summed E-state index contributed by atoms with van der Waals surface area (Å²) < 4.78 is 0. The van der Waals surface area contributed by atoms with Crippen LogP contribution in [0.15, 0.2) is 79.0 Å². The first-order valence-electron chi connectivity index (χ1n) is 13.3. The molecule has 2 aliphatic rings. The van der Waals surface area contributed by atoms with Gasteiger partial charge in [-0.3, -0.25) is 14.7 Å². The molecule has 2 aromatic carbocycles. The summed E-state index contributed by atoms with van der Waals surface area (Å²) in [4.78, 5) is 21.1. The van der Waals surface area contributed by atoms with Crippen molar-refractivity contribution < 1.29 is 9.90 Å². The van der Waals surface area contributed by atoms with Gasteiger partial charge in [0.2, 0.25) is 5.91 Å². The number of benzene rings is 2. The molecule has 5 heteroatoms. The Morgan fingerprint density at radius 3 is 2.33 bits per heavy atom. The summed E-state index contributed by atoms with van der Waals surface area (Å²) in [7, 11) is 0. The molecule has 1 amide bonds. The number of aliphatic hydroxyl groups excluding tert-OH is 1. The zero-order valence-electron chi connectivity index (χ0n) is 22.0. The number of carbonyl (C=O) groups is 1. The summed E-state index contributed by atoms with van der Waals surface area (Å²) >= 11 is 0. The molecular formula is C31H41N3O2. The van der Waals surface area contributed by atoms with Crippen molar-refractivity contribution in [3.8, 4) is 11.1 Å². The Balaban J connectivity index is 0.000000206. The van der Waals surface area contributed by atoms with E-state index in [4.69, 9.17) is 0 Å². The standard InChI is InChI=1S/C16H23N3O2.C13H12.C2H6/c20-12-15-10-14-11-18(7-3-4-8-19(14)15)16(21)9-13-5-1-2-6-17-13;1-11-7-5-6-10-13(11)12-8-3-2-4-9-12;1-2/h1-2,5-6,14-15,20H,3-4,7-12H2;2-10H,1H3;1-2H3/t14-,15+;;/m1../s1. The van der Waals surface area contributed by atoms with Gasteiger partial charge < -0.3 is 10.0 Å². The van der Waals surface area contributed by atoms with Crippen LogP contribution >= 0.6 is 0 Å². The summed E-state index contributed by atoms with van der Waals surface area (Å²) in [6, 6.07) is 25.3. The van der Waals surface area contributed by atoms with Gasteiger partial charge in [-0.2, -0.15) is 0 Å². The van der Waals surface area contributed by atoms with Gasteiger partial charge in [-0.1, -0.05) is 74.5 Å². The van der Waals surface area contributed by atoms with Crippen LogP contribution < -0.4 is 0 Å². The van der Waals surface area contributed by atoms with E-state index in [1.165, 1.54) is 16.7 Å². The molecule has 5 nitrogen and oxygen atoms in total. The van der Waals surface area contributed by atoms with E-state index in [0.717, 1.165) is 44.6 Å². The molecule has 0 spiro atoms. The number of nitrogens with zero attached hydrogens (tertiary/aromatic N) is 3. The SMILES string of the molecule is CC.Cc1ccccc1-c1ccccc1.O=C(Cc1ccccn1)N1CCCCN2[C@H](CO)C[C@@H]2C1. The van der Waals surface area contributed by atoms with Gasteiger partial charge in [-0.05, 0) is 61.6 Å². The number of pyridine rings is 1. The molecule has 3 aromatic rings. The normalized spacial score (nSPS) is 19.2. The Kier molecular flexibility index (Phi) is 11.1. The van der Waals surface area contributed by atoms with Gasteiger partial charge in [0, 0.05) is 37.1 Å². The van der Waals surface area contributed by atoms with Crippen LogP contribution in [0, 0.1) is 6.92 Å².